The maximum absolute atomic E-state index is 12.1. The van der Waals surface area contributed by atoms with Crippen LogP contribution in [0.3, 0.4) is 0 Å². The van der Waals surface area contributed by atoms with Gasteiger partial charge in [0.2, 0.25) is 5.91 Å². The fraction of sp³-hybridized carbons (Fsp3) is 0.474. The molecule has 9 nitrogen and oxygen atoms in total. The summed E-state index contributed by atoms with van der Waals surface area (Å²) in [5.41, 5.74) is 2.68. The number of nitrogens with two attached hydrogens (primary N) is 1. The highest BCUT2D eigenvalue weighted by molar-refractivity contribution is 6.11. The fourth-order valence-electron chi connectivity index (χ4n) is 3.80. The molecule has 0 spiro atoms. The molecule has 150 valence electrons. The van der Waals surface area contributed by atoms with Crippen molar-refractivity contribution in [3.05, 3.63) is 29.3 Å². The summed E-state index contributed by atoms with van der Waals surface area (Å²) in [6.45, 7) is 1.84. The largest absolute Gasteiger partial charge is 0.480 e. The van der Waals surface area contributed by atoms with Crippen LogP contribution >= 0.6 is 0 Å². The number of carbonyl (C=O) groups excluding carboxylic acids is 2. The quantitative estimate of drug-likeness (QED) is 0.396. The molecule has 0 saturated carbocycles. The number of benzene rings is 1. The molecule has 9 heteroatoms. The number of aliphatic carboxylic acids is 1. The van der Waals surface area contributed by atoms with Crippen molar-refractivity contribution < 1.29 is 24.9 Å². The number of nitrogens with zero attached hydrogens (tertiary/aromatic N) is 2. The first-order valence-corrected chi connectivity index (χ1v) is 9.39. The zero-order valence-electron chi connectivity index (χ0n) is 15.9. The third-order valence-electron chi connectivity index (χ3n) is 5.35. The molecule has 2 saturated heterocycles. The second-order valence-corrected chi connectivity index (χ2v) is 7.14. The minimum Gasteiger partial charge on any atom is -0.480 e. The maximum Gasteiger partial charge on any atom is 0.415 e. The highest BCUT2D eigenvalue weighted by atomic mass is 16.4. The van der Waals surface area contributed by atoms with Gasteiger partial charge in [-0.15, -0.1) is 0 Å². The Balaban J connectivity index is 1.72. The summed E-state index contributed by atoms with van der Waals surface area (Å²) >= 11 is 0. The molecule has 0 aliphatic carbocycles. The van der Waals surface area contributed by atoms with Crippen LogP contribution in [-0.2, 0) is 9.59 Å². The summed E-state index contributed by atoms with van der Waals surface area (Å²) < 4.78 is 0. The van der Waals surface area contributed by atoms with Gasteiger partial charge in [0.05, 0.1) is 18.5 Å². The van der Waals surface area contributed by atoms with Crippen molar-refractivity contribution in [2.75, 3.05) is 38.5 Å². The van der Waals surface area contributed by atoms with Crippen LogP contribution in [0.15, 0.2) is 18.2 Å². The lowest BCUT2D eigenvalue weighted by Gasteiger charge is -2.31. The van der Waals surface area contributed by atoms with Crippen LogP contribution in [0.4, 0.5) is 10.5 Å². The van der Waals surface area contributed by atoms with Crippen molar-refractivity contribution in [1.82, 2.24) is 15.1 Å². The van der Waals surface area contributed by atoms with Crippen LogP contribution in [0.1, 0.15) is 36.3 Å². The smallest absolute Gasteiger partial charge is 0.415 e. The summed E-state index contributed by atoms with van der Waals surface area (Å²) in [5, 5.41) is 20.6. The van der Waals surface area contributed by atoms with E-state index in [1.54, 1.807) is 7.05 Å². The molecule has 2 aliphatic heterocycles. The number of urea groups is 1. The van der Waals surface area contributed by atoms with Gasteiger partial charge in [-0.05, 0) is 49.5 Å². The molecule has 0 unspecified atom stereocenters. The molecule has 2 aliphatic rings. The Hall–Kier alpha value is -2.94. The highest BCUT2D eigenvalue weighted by Crippen LogP contribution is 2.31. The number of carbonyl (C=O) groups is 3. The van der Waals surface area contributed by atoms with Gasteiger partial charge in [-0.1, -0.05) is 6.07 Å². The van der Waals surface area contributed by atoms with Crippen LogP contribution in [-0.4, -0.2) is 71.9 Å². The number of amides is 3. The van der Waals surface area contributed by atoms with E-state index in [1.165, 1.54) is 4.90 Å². The van der Waals surface area contributed by atoms with Gasteiger partial charge in [0.1, 0.15) is 6.54 Å². The molecule has 28 heavy (non-hydrogen) atoms. The number of anilines is 1. The fourth-order valence-corrected chi connectivity index (χ4v) is 3.80. The van der Waals surface area contributed by atoms with E-state index in [-0.39, 0.29) is 25.4 Å². The first-order chi connectivity index (χ1) is 13.4. The van der Waals surface area contributed by atoms with Crippen LogP contribution in [0.25, 0.3) is 0 Å². The number of carboxylic acid groups (broad SMARTS) is 1. The molecule has 3 amide bonds. The summed E-state index contributed by atoms with van der Waals surface area (Å²) in [7, 11) is 1.80. The Kier molecular flexibility index (Phi) is 5.93. The summed E-state index contributed by atoms with van der Waals surface area (Å²) in [5.74, 6) is -0.442. The van der Waals surface area contributed by atoms with Crippen molar-refractivity contribution in [2.24, 2.45) is 0 Å². The van der Waals surface area contributed by atoms with E-state index in [0.29, 0.717) is 17.3 Å². The van der Waals surface area contributed by atoms with E-state index in [4.69, 9.17) is 10.5 Å². The highest BCUT2D eigenvalue weighted by Gasteiger charge is 2.34. The SMILES string of the molecule is CNc1cc(C2CCN(CC(=O)O)CC2)ccc1C(=[NH2+])N1CCC(=O)NC1=O. The molecule has 0 radical (unpaired) electrons. The van der Waals surface area contributed by atoms with E-state index in [2.05, 4.69) is 10.6 Å². The number of amidine groups is 1. The van der Waals surface area contributed by atoms with Gasteiger partial charge in [0.25, 0.3) is 5.84 Å². The minimum atomic E-state index is -0.797. The normalized spacial score (nSPS) is 18.7. The second-order valence-electron chi connectivity index (χ2n) is 7.14. The summed E-state index contributed by atoms with van der Waals surface area (Å²) in [4.78, 5) is 37.6. The number of rotatable bonds is 5. The van der Waals surface area contributed by atoms with Crippen LogP contribution in [0.5, 0.6) is 0 Å². The summed E-state index contributed by atoms with van der Waals surface area (Å²) in [6, 6.07) is 5.43. The lowest BCUT2D eigenvalue weighted by Crippen LogP contribution is -2.60. The van der Waals surface area contributed by atoms with Crippen molar-refractivity contribution in [1.29, 1.82) is 0 Å². The average Bonchev–Trinajstić information content (AvgIpc) is 2.67. The number of nitrogens with one attached hydrogen (secondary N) is 2. The van der Waals surface area contributed by atoms with Crippen molar-refractivity contribution in [3.8, 4) is 0 Å². The lowest BCUT2D eigenvalue weighted by molar-refractivity contribution is -0.138. The monoisotopic (exact) mass is 388 g/mol. The maximum atomic E-state index is 12.1. The van der Waals surface area contributed by atoms with E-state index >= 15 is 0 Å². The summed E-state index contributed by atoms with van der Waals surface area (Å²) in [6.07, 6.45) is 2.01. The van der Waals surface area contributed by atoms with Gasteiger partial charge in [-0.25, -0.2) is 4.79 Å². The predicted molar refractivity (Wildman–Crippen MR) is 103 cm³/mol. The predicted octanol–water partition coefficient (Wildman–Crippen LogP) is -0.560. The Labute approximate surface area is 163 Å². The Bertz CT molecular complexity index is 802. The lowest BCUT2D eigenvalue weighted by atomic mass is 9.88. The van der Waals surface area contributed by atoms with Crippen molar-refractivity contribution in [2.45, 2.75) is 25.2 Å². The molecule has 0 aromatic heterocycles. The molecule has 2 heterocycles. The molecule has 5 N–H and O–H groups in total. The zero-order chi connectivity index (χ0) is 20.3. The van der Waals surface area contributed by atoms with Gasteiger partial charge in [-0.2, -0.15) is 4.90 Å². The average molecular weight is 388 g/mol. The number of carboxylic acids is 1. The van der Waals surface area contributed by atoms with Crippen LogP contribution < -0.4 is 16.0 Å². The van der Waals surface area contributed by atoms with E-state index < -0.39 is 12.0 Å². The number of hydrogen-bond acceptors (Lipinski definition) is 5. The van der Waals surface area contributed by atoms with Gasteiger partial charge in [0, 0.05) is 12.7 Å². The Morgan fingerprint density at radius 1 is 1.29 bits per heavy atom. The third-order valence-corrected chi connectivity index (χ3v) is 5.35. The number of likely N-dealkylation sites (tertiary alicyclic amines) is 1. The van der Waals surface area contributed by atoms with Gasteiger partial charge in [0.15, 0.2) is 0 Å². The molecule has 0 atom stereocenters. The molecule has 2 fully saturated rings. The molecular weight excluding hydrogens is 362 g/mol. The molecular formula is C19H26N5O4+. The number of imide groups is 1. The number of piperidine rings is 1. The second kappa shape index (κ2) is 8.39. The van der Waals surface area contributed by atoms with Gasteiger partial charge in [-0.3, -0.25) is 25.2 Å². The van der Waals surface area contributed by atoms with Crippen molar-refractivity contribution >= 4 is 29.4 Å². The first kappa shape index (κ1) is 19.8. The van der Waals surface area contributed by atoms with Crippen LogP contribution in [0, 0.1) is 0 Å². The van der Waals surface area contributed by atoms with Crippen LogP contribution in [0.2, 0.25) is 0 Å². The minimum absolute atomic E-state index is 0.0827. The zero-order valence-corrected chi connectivity index (χ0v) is 15.9. The Morgan fingerprint density at radius 3 is 2.61 bits per heavy atom. The molecule has 3 rings (SSSR count). The van der Waals surface area contributed by atoms with Gasteiger partial charge >= 0.3 is 12.0 Å². The Morgan fingerprint density at radius 2 is 2.00 bits per heavy atom. The van der Waals surface area contributed by atoms with Gasteiger partial charge < -0.3 is 10.4 Å². The molecule has 1 aromatic rings. The topological polar surface area (TPSA) is 128 Å². The third kappa shape index (κ3) is 4.30. The van der Waals surface area contributed by atoms with E-state index in [0.717, 1.165) is 37.2 Å². The molecule has 1 aromatic carbocycles. The van der Waals surface area contributed by atoms with Crippen molar-refractivity contribution in [3.63, 3.8) is 0 Å². The van der Waals surface area contributed by atoms with E-state index in [1.807, 2.05) is 23.1 Å². The standard InChI is InChI=1S/C19H25N5O4/c1-21-15-10-13(12-4-7-23(8-5-12)11-17(26)27)2-3-14(15)18(20)24-9-6-16(25)22-19(24)28/h2-3,10,12,20-21H,4-9,11H2,1H3,(H,26,27)(H,22,25,28)/p+1. The van der Waals surface area contributed by atoms with E-state index in [9.17, 15) is 14.4 Å². The first-order valence-electron chi connectivity index (χ1n) is 9.39. The number of hydrogen-bond donors (Lipinski definition) is 4. The molecule has 0 bridgehead atoms.